The number of carbonyl (C=O) groups is 1. The lowest BCUT2D eigenvalue weighted by molar-refractivity contribution is -0.112. The van der Waals surface area contributed by atoms with Gasteiger partial charge in [0.25, 0.3) is 0 Å². The van der Waals surface area contributed by atoms with E-state index in [0.29, 0.717) is 0 Å². The molecule has 2 aromatic carbocycles. The lowest BCUT2D eigenvalue weighted by Gasteiger charge is -2.13. The van der Waals surface area contributed by atoms with Crippen LogP contribution in [0.25, 0.3) is 16.5 Å². The second kappa shape index (κ2) is 6.36. The van der Waals surface area contributed by atoms with Crippen LogP contribution in [0.2, 0.25) is 0 Å². The number of benzene rings is 2. The van der Waals surface area contributed by atoms with E-state index in [-0.39, 0.29) is 5.78 Å². The van der Waals surface area contributed by atoms with E-state index < -0.39 is 0 Å². The molecule has 0 aliphatic rings. The molecule has 3 rings (SSSR count). The first-order valence-electron chi connectivity index (χ1n) is 7.92. The van der Waals surface area contributed by atoms with Crippen molar-refractivity contribution in [3.8, 4) is 5.75 Å². The highest BCUT2D eigenvalue weighted by Gasteiger charge is 2.12. The van der Waals surface area contributed by atoms with Gasteiger partial charge in [-0.25, -0.2) is 0 Å². The smallest absolute Gasteiger partial charge is 0.153 e. The molecule has 24 heavy (non-hydrogen) atoms. The number of fused-ring (bicyclic) bond motifs is 1. The Bertz CT molecular complexity index is 948. The molecule has 3 heteroatoms. The minimum absolute atomic E-state index is 0.0281. The lowest BCUT2D eigenvalue weighted by atomic mass is 9.92. The van der Waals surface area contributed by atoms with Crippen LogP contribution in [-0.2, 0) is 11.8 Å². The van der Waals surface area contributed by atoms with Gasteiger partial charge < -0.3 is 9.30 Å². The molecule has 3 aromatic rings. The van der Waals surface area contributed by atoms with Crippen molar-refractivity contribution >= 4 is 22.3 Å². The molecule has 0 unspecified atom stereocenters. The Morgan fingerprint density at radius 3 is 2.62 bits per heavy atom. The van der Waals surface area contributed by atoms with Crippen molar-refractivity contribution in [1.82, 2.24) is 4.57 Å². The summed E-state index contributed by atoms with van der Waals surface area (Å²) in [7, 11) is 3.68. The second-order valence-corrected chi connectivity index (χ2v) is 6.05. The average molecular weight is 319 g/mol. The summed E-state index contributed by atoms with van der Waals surface area (Å²) < 4.78 is 7.45. The van der Waals surface area contributed by atoms with Crippen molar-refractivity contribution in [3.63, 3.8) is 0 Å². The van der Waals surface area contributed by atoms with E-state index in [2.05, 4.69) is 28.8 Å². The number of nitrogens with zero attached hydrogens (tertiary/aromatic N) is 1. The van der Waals surface area contributed by atoms with E-state index in [4.69, 9.17) is 4.74 Å². The second-order valence-electron chi connectivity index (χ2n) is 6.05. The van der Waals surface area contributed by atoms with Crippen molar-refractivity contribution in [2.75, 3.05) is 7.11 Å². The minimum atomic E-state index is 0.0281. The molecule has 3 nitrogen and oxygen atoms in total. The van der Waals surface area contributed by atoms with Gasteiger partial charge in [0.15, 0.2) is 5.78 Å². The molecular weight excluding hydrogens is 298 g/mol. The number of aromatic nitrogens is 1. The Morgan fingerprint density at radius 1 is 1.12 bits per heavy atom. The Kier molecular flexibility index (Phi) is 4.26. The monoisotopic (exact) mass is 319 g/mol. The summed E-state index contributed by atoms with van der Waals surface area (Å²) in [6.45, 7) is 3.63. The summed E-state index contributed by atoms with van der Waals surface area (Å²) in [5.74, 6) is 0.811. The predicted molar refractivity (Wildman–Crippen MR) is 98.4 cm³/mol. The molecule has 0 radical (unpaired) electrons. The SMILES string of the molecule is COc1ccc(C)c(C(=CC(C)=O)c2ccc3c(ccn3C)c2)c1. The van der Waals surface area contributed by atoms with Gasteiger partial charge in [-0.1, -0.05) is 12.1 Å². The third-order valence-electron chi connectivity index (χ3n) is 4.28. The highest BCUT2D eigenvalue weighted by Crippen LogP contribution is 2.31. The van der Waals surface area contributed by atoms with Crippen molar-refractivity contribution < 1.29 is 9.53 Å². The van der Waals surface area contributed by atoms with Crippen molar-refractivity contribution in [3.05, 3.63) is 71.4 Å². The Labute approximate surface area is 142 Å². The van der Waals surface area contributed by atoms with Gasteiger partial charge in [0.2, 0.25) is 0 Å². The van der Waals surface area contributed by atoms with Gasteiger partial charge in [-0.05, 0) is 72.5 Å². The summed E-state index contributed by atoms with van der Waals surface area (Å²) in [5.41, 5.74) is 5.24. The van der Waals surface area contributed by atoms with Gasteiger partial charge >= 0.3 is 0 Å². The normalized spacial score (nSPS) is 11.8. The molecule has 0 saturated heterocycles. The molecule has 1 heterocycles. The number of ether oxygens (including phenoxy) is 1. The zero-order valence-corrected chi connectivity index (χ0v) is 14.5. The number of ketones is 1. The zero-order valence-electron chi connectivity index (χ0n) is 14.5. The maximum Gasteiger partial charge on any atom is 0.153 e. The number of hydrogen-bond acceptors (Lipinski definition) is 2. The van der Waals surface area contributed by atoms with E-state index in [1.165, 1.54) is 5.52 Å². The molecular formula is C21H21NO2. The van der Waals surface area contributed by atoms with Gasteiger partial charge in [-0.15, -0.1) is 0 Å². The molecule has 0 N–H and O–H groups in total. The summed E-state index contributed by atoms with van der Waals surface area (Å²) in [6.07, 6.45) is 3.74. The first kappa shape index (κ1) is 16.1. The first-order valence-corrected chi connectivity index (χ1v) is 7.92. The summed E-state index contributed by atoms with van der Waals surface area (Å²) in [6, 6.07) is 14.3. The van der Waals surface area contributed by atoms with Gasteiger partial charge in [-0.2, -0.15) is 0 Å². The molecule has 0 aliphatic heterocycles. The fourth-order valence-corrected chi connectivity index (χ4v) is 2.99. The zero-order chi connectivity index (χ0) is 17.3. The summed E-state index contributed by atoms with van der Waals surface area (Å²) in [4.78, 5) is 11.8. The van der Waals surface area contributed by atoms with Crippen LogP contribution < -0.4 is 4.74 Å². The van der Waals surface area contributed by atoms with Crippen LogP contribution in [0.5, 0.6) is 5.75 Å². The maximum atomic E-state index is 11.8. The largest absolute Gasteiger partial charge is 0.497 e. The minimum Gasteiger partial charge on any atom is -0.497 e. The van der Waals surface area contributed by atoms with Crippen LogP contribution in [0.4, 0.5) is 0 Å². The average Bonchev–Trinajstić information content (AvgIpc) is 2.94. The van der Waals surface area contributed by atoms with Crippen molar-refractivity contribution in [1.29, 1.82) is 0 Å². The van der Waals surface area contributed by atoms with Crippen LogP contribution in [0.1, 0.15) is 23.6 Å². The number of carbonyl (C=O) groups excluding carboxylic acids is 1. The number of methoxy groups -OCH3 is 1. The van der Waals surface area contributed by atoms with Crippen LogP contribution in [0.3, 0.4) is 0 Å². The van der Waals surface area contributed by atoms with Gasteiger partial charge in [0.05, 0.1) is 7.11 Å². The highest BCUT2D eigenvalue weighted by atomic mass is 16.5. The third-order valence-corrected chi connectivity index (χ3v) is 4.28. The van der Waals surface area contributed by atoms with E-state index in [1.54, 1.807) is 20.1 Å². The van der Waals surface area contributed by atoms with Crippen LogP contribution in [-0.4, -0.2) is 17.5 Å². The number of hydrogen-bond donors (Lipinski definition) is 0. The Hall–Kier alpha value is -2.81. The first-order chi connectivity index (χ1) is 11.5. The Balaban J connectivity index is 2.21. The number of rotatable bonds is 4. The number of allylic oxidation sites excluding steroid dienone is 1. The topological polar surface area (TPSA) is 31.2 Å². The fourth-order valence-electron chi connectivity index (χ4n) is 2.99. The molecule has 122 valence electrons. The molecule has 0 aliphatic carbocycles. The molecule has 0 amide bonds. The summed E-state index contributed by atoms with van der Waals surface area (Å²) >= 11 is 0. The van der Waals surface area contributed by atoms with Gasteiger partial charge in [-0.3, -0.25) is 4.79 Å². The van der Waals surface area contributed by atoms with Crippen LogP contribution >= 0.6 is 0 Å². The van der Waals surface area contributed by atoms with Crippen LogP contribution in [0, 0.1) is 6.92 Å². The predicted octanol–water partition coefficient (Wildman–Crippen LogP) is 4.52. The highest BCUT2D eigenvalue weighted by molar-refractivity contribution is 6.00. The number of aryl methyl sites for hydroxylation is 2. The molecule has 1 aromatic heterocycles. The maximum absolute atomic E-state index is 11.8. The standard InChI is InChI=1S/C21H21NO2/c1-14-5-7-18(24-4)13-19(14)20(11-15(2)23)16-6-8-21-17(12-16)9-10-22(21)3/h5-13H,1-4H3. The summed E-state index contributed by atoms with van der Waals surface area (Å²) in [5, 5.41) is 1.16. The molecule has 0 atom stereocenters. The van der Waals surface area contributed by atoms with E-state index >= 15 is 0 Å². The van der Waals surface area contributed by atoms with Gasteiger partial charge in [0, 0.05) is 24.1 Å². The van der Waals surface area contributed by atoms with Crippen LogP contribution in [0.15, 0.2) is 54.7 Å². The molecule has 0 fully saturated rings. The molecule has 0 spiro atoms. The van der Waals surface area contributed by atoms with E-state index in [0.717, 1.165) is 33.4 Å². The molecule has 0 saturated carbocycles. The van der Waals surface area contributed by atoms with Crippen molar-refractivity contribution in [2.24, 2.45) is 7.05 Å². The van der Waals surface area contributed by atoms with E-state index in [9.17, 15) is 4.79 Å². The van der Waals surface area contributed by atoms with Gasteiger partial charge in [0.1, 0.15) is 5.75 Å². The fraction of sp³-hybridized carbons (Fsp3) is 0.190. The lowest BCUT2D eigenvalue weighted by Crippen LogP contribution is -1.97. The Morgan fingerprint density at radius 2 is 1.92 bits per heavy atom. The van der Waals surface area contributed by atoms with Crippen molar-refractivity contribution in [2.45, 2.75) is 13.8 Å². The third kappa shape index (κ3) is 2.98. The molecule has 0 bridgehead atoms. The quantitative estimate of drug-likeness (QED) is 0.662. The van der Waals surface area contributed by atoms with E-state index in [1.807, 2.05) is 38.4 Å².